The quantitative estimate of drug-likeness (QED) is 0.221. The van der Waals surface area contributed by atoms with Gasteiger partial charge in [-0.1, -0.05) is 52.3 Å². The molecular formula is C27H22BrF3N2O2. The SMILES string of the molecule is Cc1cc(Br)ccc1ON(Cc1ccc(OC(F)(F)F)cc1)c1ncc2ccccc2c1C1CC1. The minimum Gasteiger partial charge on any atom is -0.406 e. The summed E-state index contributed by atoms with van der Waals surface area (Å²) in [6, 6.07) is 19.7. The van der Waals surface area contributed by atoms with Crippen molar-refractivity contribution in [2.45, 2.75) is 38.6 Å². The van der Waals surface area contributed by atoms with Gasteiger partial charge in [0.1, 0.15) is 5.75 Å². The minimum atomic E-state index is -4.73. The van der Waals surface area contributed by atoms with Gasteiger partial charge in [-0.15, -0.1) is 13.2 Å². The average molecular weight is 543 g/mol. The fraction of sp³-hybridized carbons (Fsp3) is 0.222. The van der Waals surface area contributed by atoms with E-state index in [4.69, 9.17) is 9.82 Å². The molecule has 4 nitrogen and oxygen atoms in total. The predicted molar refractivity (Wildman–Crippen MR) is 133 cm³/mol. The Morgan fingerprint density at radius 3 is 2.46 bits per heavy atom. The molecule has 1 aliphatic rings. The Balaban J connectivity index is 1.54. The predicted octanol–water partition coefficient (Wildman–Crippen LogP) is 8.08. The lowest BCUT2D eigenvalue weighted by molar-refractivity contribution is -0.274. The van der Waals surface area contributed by atoms with Gasteiger partial charge in [-0.05, 0) is 72.5 Å². The number of halogens is 4. The van der Waals surface area contributed by atoms with Crippen LogP contribution in [0.25, 0.3) is 10.8 Å². The van der Waals surface area contributed by atoms with Gasteiger partial charge in [0.2, 0.25) is 0 Å². The zero-order valence-corrected chi connectivity index (χ0v) is 20.4. The van der Waals surface area contributed by atoms with Crippen molar-refractivity contribution in [3.8, 4) is 11.5 Å². The highest BCUT2D eigenvalue weighted by Gasteiger charge is 2.32. The molecule has 1 aliphatic carbocycles. The van der Waals surface area contributed by atoms with Crippen molar-refractivity contribution in [3.63, 3.8) is 0 Å². The first kappa shape index (κ1) is 23.5. The van der Waals surface area contributed by atoms with Gasteiger partial charge in [-0.25, -0.2) is 4.98 Å². The third-order valence-corrected chi connectivity index (χ3v) is 6.36. The summed E-state index contributed by atoms with van der Waals surface area (Å²) in [6.45, 7) is 2.24. The molecule has 0 saturated heterocycles. The Hall–Kier alpha value is -3.26. The minimum absolute atomic E-state index is 0.264. The van der Waals surface area contributed by atoms with Crippen LogP contribution in [-0.4, -0.2) is 11.3 Å². The first-order valence-corrected chi connectivity index (χ1v) is 12.0. The number of anilines is 1. The van der Waals surface area contributed by atoms with Crippen LogP contribution in [0.3, 0.4) is 0 Å². The Kier molecular flexibility index (Phi) is 6.32. The molecule has 0 spiro atoms. The molecule has 0 N–H and O–H groups in total. The molecule has 3 aromatic carbocycles. The van der Waals surface area contributed by atoms with Gasteiger partial charge in [-0.3, -0.25) is 0 Å². The van der Waals surface area contributed by atoms with E-state index in [0.717, 1.165) is 44.8 Å². The van der Waals surface area contributed by atoms with E-state index in [1.165, 1.54) is 12.1 Å². The fourth-order valence-corrected chi connectivity index (χ4v) is 4.57. The second kappa shape index (κ2) is 9.41. The van der Waals surface area contributed by atoms with E-state index in [0.29, 0.717) is 17.5 Å². The van der Waals surface area contributed by atoms with Crippen LogP contribution < -0.4 is 14.6 Å². The smallest absolute Gasteiger partial charge is 0.406 e. The lowest BCUT2D eigenvalue weighted by Gasteiger charge is -2.27. The highest BCUT2D eigenvalue weighted by atomic mass is 79.9. The molecule has 1 heterocycles. The largest absolute Gasteiger partial charge is 0.573 e. The van der Waals surface area contributed by atoms with Crippen molar-refractivity contribution in [2.75, 3.05) is 5.06 Å². The Morgan fingerprint density at radius 2 is 1.77 bits per heavy atom. The van der Waals surface area contributed by atoms with E-state index in [1.54, 1.807) is 17.2 Å². The summed E-state index contributed by atoms with van der Waals surface area (Å²) in [7, 11) is 0. The molecule has 0 bridgehead atoms. The number of pyridine rings is 1. The van der Waals surface area contributed by atoms with Crippen LogP contribution in [0.1, 0.15) is 35.4 Å². The van der Waals surface area contributed by atoms with Crippen LogP contribution in [0.5, 0.6) is 11.5 Å². The van der Waals surface area contributed by atoms with Crippen molar-refractivity contribution < 1.29 is 22.7 Å². The maximum absolute atomic E-state index is 12.6. The van der Waals surface area contributed by atoms with Gasteiger partial charge in [0.15, 0.2) is 11.6 Å². The number of rotatable bonds is 7. The molecule has 4 aromatic rings. The molecule has 0 unspecified atom stereocenters. The molecule has 1 aromatic heterocycles. The van der Waals surface area contributed by atoms with Gasteiger partial charge >= 0.3 is 6.36 Å². The summed E-state index contributed by atoms with van der Waals surface area (Å²) in [6.07, 6.45) is -0.736. The van der Waals surface area contributed by atoms with Crippen LogP contribution in [0.2, 0.25) is 0 Å². The summed E-state index contributed by atoms with van der Waals surface area (Å²) in [4.78, 5) is 11.2. The summed E-state index contributed by atoms with van der Waals surface area (Å²) in [5.74, 6) is 1.51. The molecule has 0 aliphatic heterocycles. The number of hydrogen-bond donors (Lipinski definition) is 0. The van der Waals surface area contributed by atoms with E-state index in [1.807, 2.05) is 49.5 Å². The molecule has 0 radical (unpaired) electrons. The van der Waals surface area contributed by atoms with Crippen LogP contribution >= 0.6 is 15.9 Å². The Labute approximate surface area is 209 Å². The second-order valence-corrected chi connectivity index (χ2v) is 9.50. The van der Waals surface area contributed by atoms with Gasteiger partial charge in [-0.2, -0.15) is 5.06 Å². The van der Waals surface area contributed by atoms with Crippen molar-refractivity contribution in [2.24, 2.45) is 0 Å². The molecule has 35 heavy (non-hydrogen) atoms. The number of ether oxygens (including phenoxy) is 1. The van der Waals surface area contributed by atoms with Gasteiger partial charge in [0, 0.05) is 21.6 Å². The van der Waals surface area contributed by atoms with Crippen molar-refractivity contribution in [1.82, 2.24) is 4.98 Å². The van der Waals surface area contributed by atoms with E-state index in [9.17, 15) is 13.2 Å². The van der Waals surface area contributed by atoms with Crippen molar-refractivity contribution in [3.05, 3.63) is 94.1 Å². The molecule has 1 fully saturated rings. The number of aryl methyl sites for hydroxylation is 1. The highest BCUT2D eigenvalue weighted by Crippen LogP contribution is 2.47. The van der Waals surface area contributed by atoms with Crippen LogP contribution in [0.4, 0.5) is 19.0 Å². The maximum atomic E-state index is 12.6. The van der Waals surface area contributed by atoms with E-state index in [2.05, 4.69) is 26.7 Å². The summed E-state index contributed by atoms with van der Waals surface area (Å²) in [5.41, 5.74) is 2.83. The summed E-state index contributed by atoms with van der Waals surface area (Å²) < 4.78 is 42.7. The molecule has 180 valence electrons. The number of aromatic nitrogens is 1. The van der Waals surface area contributed by atoms with Gasteiger partial charge in [0.05, 0.1) is 6.54 Å². The lowest BCUT2D eigenvalue weighted by atomic mass is 10.0. The fourth-order valence-electron chi connectivity index (χ4n) is 4.10. The van der Waals surface area contributed by atoms with Crippen LogP contribution in [0, 0.1) is 6.92 Å². The second-order valence-electron chi connectivity index (χ2n) is 8.59. The third-order valence-electron chi connectivity index (χ3n) is 5.87. The standard InChI is InChI=1S/C27H22BrF3N2O2/c1-17-14-21(28)10-13-24(17)35-33(16-18-6-11-22(12-7-18)34-27(29,30)31)26-25(19-8-9-19)23-5-3-2-4-20(23)15-32-26/h2-7,10-15,19H,8-9,16H2,1H3. The summed E-state index contributed by atoms with van der Waals surface area (Å²) in [5, 5.41) is 3.93. The number of alkyl halides is 3. The first-order chi connectivity index (χ1) is 16.8. The zero-order chi connectivity index (χ0) is 24.6. The lowest BCUT2D eigenvalue weighted by Crippen LogP contribution is -2.29. The molecule has 1 saturated carbocycles. The topological polar surface area (TPSA) is 34.6 Å². The highest BCUT2D eigenvalue weighted by molar-refractivity contribution is 9.10. The summed E-state index contributed by atoms with van der Waals surface area (Å²) >= 11 is 3.48. The van der Waals surface area contributed by atoms with Gasteiger partial charge < -0.3 is 9.57 Å². The van der Waals surface area contributed by atoms with Crippen molar-refractivity contribution >= 4 is 32.5 Å². The van der Waals surface area contributed by atoms with Crippen LogP contribution in [-0.2, 0) is 6.54 Å². The number of nitrogens with zero attached hydrogens (tertiary/aromatic N) is 2. The number of hydrogen-bond acceptors (Lipinski definition) is 4. The van der Waals surface area contributed by atoms with E-state index >= 15 is 0 Å². The van der Waals surface area contributed by atoms with Gasteiger partial charge in [0.25, 0.3) is 0 Å². The van der Waals surface area contributed by atoms with E-state index in [-0.39, 0.29) is 12.3 Å². The Morgan fingerprint density at radius 1 is 1.03 bits per heavy atom. The molecule has 8 heteroatoms. The first-order valence-electron chi connectivity index (χ1n) is 11.2. The molecular weight excluding hydrogens is 521 g/mol. The third kappa shape index (κ3) is 5.53. The van der Waals surface area contributed by atoms with Crippen molar-refractivity contribution in [1.29, 1.82) is 0 Å². The maximum Gasteiger partial charge on any atom is 0.573 e. The molecule has 0 atom stereocenters. The Bertz CT molecular complexity index is 1360. The van der Waals surface area contributed by atoms with Crippen LogP contribution in [0.15, 0.2) is 77.4 Å². The molecule has 0 amide bonds. The normalized spacial score (nSPS) is 13.6. The zero-order valence-electron chi connectivity index (χ0n) is 18.8. The van der Waals surface area contributed by atoms with E-state index < -0.39 is 6.36 Å². The number of hydroxylamine groups is 1. The average Bonchev–Trinajstić information content (AvgIpc) is 3.65. The number of benzene rings is 3. The molecule has 5 rings (SSSR count). The number of fused-ring (bicyclic) bond motifs is 1. The monoisotopic (exact) mass is 542 g/mol.